The lowest BCUT2D eigenvalue weighted by Gasteiger charge is -2.13. The standard InChI is InChI=1S/C12H14ClF2NO3/c1-3-19-10(17)5-8-11(12(14)15)9(18-2)4-7(6-13)16-8/h4,12H,3,5-6H2,1-2H3. The van der Waals surface area contributed by atoms with E-state index in [4.69, 9.17) is 21.1 Å². The molecular weight excluding hydrogens is 280 g/mol. The Hall–Kier alpha value is -1.43. The lowest BCUT2D eigenvalue weighted by atomic mass is 10.1. The van der Waals surface area contributed by atoms with E-state index in [0.29, 0.717) is 5.69 Å². The third-order valence-corrected chi connectivity index (χ3v) is 2.62. The summed E-state index contributed by atoms with van der Waals surface area (Å²) in [7, 11) is 1.27. The van der Waals surface area contributed by atoms with Crippen LogP contribution < -0.4 is 4.74 Å². The van der Waals surface area contributed by atoms with Gasteiger partial charge in [0, 0.05) is 6.07 Å². The number of halogens is 3. The third kappa shape index (κ3) is 4.02. The van der Waals surface area contributed by atoms with Crippen LogP contribution in [0.4, 0.5) is 8.78 Å². The van der Waals surface area contributed by atoms with Crippen LogP contribution in [-0.2, 0) is 21.8 Å². The van der Waals surface area contributed by atoms with Gasteiger partial charge in [-0.3, -0.25) is 9.78 Å². The van der Waals surface area contributed by atoms with Gasteiger partial charge in [-0.2, -0.15) is 0 Å². The molecule has 0 aliphatic rings. The van der Waals surface area contributed by atoms with Crippen LogP contribution in [0.15, 0.2) is 6.07 Å². The highest BCUT2D eigenvalue weighted by molar-refractivity contribution is 6.16. The van der Waals surface area contributed by atoms with Crippen molar-refractivity contribution >= 4 is 17.6 Å². The van der Waals surface area contributed by atoms with Crippen molar-refractivity contribution in [1.82, 2.24) is 4.98 Å². The number of hydrogen-bond acceptors (Lipinski definition) is 4. The number of pyridine rings is 1. The molecule has 0 unspecified atom stereocenters. The molecule has 0 aromatic carbocycles. The maximum absolute atomic E-state index is 13.0. The van der Waals surface area contributed by atoms with Crippen LogP contribution in [0, 0.1) is 0 Å². The van der Waals surface area contributed by atoms with Crippen LogP contribution >= 0.6 is 11.6 Å². The van der Waals surface area contributed by atoms with Crippen LogP contribution in [0.3, 0.4) is 0 Å². The Kier molecular flexibility index (Phi) is 5.95. The summed E-state index contributed by atoms with van der Waals surface area (Å²) in [5, 5.41) is 0. The van der Waals surface area contributed by atoms with Gasteiger partial charge in [0.25, 0.3) is 6.43 Å². The Balaban J connectivity index is 3.21. The van der Waals surface area contributed by atoms with E-state index in [9.17, 15) is 13.6 Å². The lowest BCUT2D eigenvalue weighted by molar-refractivity contribution is -0.142. The summed E-state index contributed by atoms with van der Waals surface area (Å²) in [6.07, 6.45) is -3.13. The number of carbonyl (C=O) groups excluding carboxylic acids is 1. The molecule has 0 N–H and O–H groups in total. The molecule has 4 nitrogen and oxygen atoms in total. The molecule has 19 heavy (non-hydrogen) atoms. The fourth-order valence-corrected chi connectivity index (χ4v) is 1.73. The Bertz CT molecular complexity index is 455. The number of methoxy groups -OCH3 is 1. The molecule has 0 atom stereocenters. The van der Waals surface area contributed by atoms with Gasteiger partial charge in [-0.15, -0.1) is 11.6 Å². The highest BCUT2D eigenvalue weighted by Crippen LogP contribution is 2.32. The fourth-order valence-electron chi connectivity index (χ4n) is 1.59. The predicted molar refractivity (Wildman–Crippen MR) is 65.6 cm³/mol. The van der Waals surface area contributed by atoms with Crippen molar-refractivity contribution < 1.29 is 23.0 Å². The monoisotopic (exact) mass is 293 g/mol. The summed E-state index contributed by atoms with van der Waals surface area (Å²) in [5.41, 5.74) is -0.102. The summed E-state index contributed by atoms with van der Waals surface area (Å²) in [6.45, 7) is 1.81. The molecule has 0 amide bonds. The van der Waals surface area contributed by atoms with Crippen LogP contribution in [0.25, 0.3) is 0 Å². The van der Waals surface area contributed by atoms with E-state index in [1.54, 1.807) is 6.92 Å². The van der Waals surface area contributed by atoms with E-state index in [-0.39, 0.29) is 30.4 Å². The first-order chi connectivity index (χ1) is 9.03. The minimum atomic E-state index is -2.80. The zero-order valence-electron chi connectivity index (χ0n) is 10.6. The molecule has 7 heteroatoms. The van der Waals surface area contributed by atoms with Crippen molar-refractivity contribution in [3.63, 3.8) is 0 Å². The molecule has 106 valence electrons. The lowest BCUT2D eigenvalue weighted by Crippen LogP contribution is -2.13. The normalized spacial score (nSPS) is 10.6. The molecule has 1 rings (SSSR count). The topological polar surface area (TPSA) is 48.4 Å². The molecule has 0 aliphatic carbocycles. The van der Waals surface area contributed by atoms with E-state index >= 15 is 0 Å². The van der Waals surface area contributed by atoms with Crippen molar-refractivity contribution in [3.05, 3.63) is 23.0 Å². The fraction of sp³-hybridized carbons (Fsp3) is 0.500. The number of alkyl halides is 3. The molecule has 0 saturated heterocycles. The zero-order valence-corrected chi connectivity index (χ0v) is 11.3. The van der Waals surface area contributed by atoms with Crippen molar-refractivity contribution in [1.29, 1.82) is 0 Å². The van der Waals surface area contributed by atoms with Gasteiger partial charge in [-0.1, -0.05) is 0 Å². The van der Waals surface area contributed by atoms with E-state index < -0.39 is 18.0 Å². The average Bonchev–Trinajstić information content (AvgIpc) is 2.37. The summed E-state index contributed by atoms with van der Waals surface area (Å²) in [5.74, 6) is -0.610. The SMILES string of the molecule is CCOC(=O)Cc1nc(CCl)cc(OC)c1C(F)F. The largest absolute Gasteiger partial charge is 0.496 e. The molecule has 0 fully saturated rings. The van der Waals surface area contributed by atoms with Gasteiger partial charge in [-0.25, -0.2) is 8.78 Å². The van der Waals surface area contributed by atoms with Crippen molar-refractivity contribution in [2.75, 3.05) is 13.7 Å². The molecule has 1 aromatic heterocycles. The molecule has 1 heterocycles. The maximum atomic E-state index is 13.0. The highest BCUT2D eigenvalue weighted by Gasteiger charge is 2.23. The Morgan fingerprint density at radius 3 is 2.68 bits per heavy atom. The van der Waals surface area contributed by atoms with Crippen molar-refractivity contribution in [3.8, 4) is 5.75 Å². The third-order valence-electron chi connectivity index (χ3n) is 2.34. The first kappa shape index (κ1) is 15.6. The minimum Gasteiger partial charge on any atom is -0.496 e. The Morgan fingerprint density at radius 1 is 1.53 bits per heavy atom. The molecule has 1 aromatic rings. The summed E-state index contributed by atoms with van der Waals surface area (Å²) >= 11 is 5.64. The number of nitrogens with zero attached hydrogens (tertiary/aromatic N) is 1. The smallest absolute Gasteiger partial charge is 0.311 e. The summed E-state index contributed by atoms with van der Waals surface area (Å²) < 4.78 is 35.7. The van der Waals surface area contributed by atoms with Crippen LogP contribution in [0.1, 0.15) is 30.3 Å². The second-order valence-corrected chi connectivity index (χ2v) is 3.86. The van der Waals surface area contributed by atoms with E-state index in [0.717, 1.165) is 0 Å². The van der Waals surface area contributed by atoms with E-state index in [1.807, 2.05) is 0 Å². The van der Waals surface area contributed by atoms with Crippen LogP contribution in [0.5, 0.6) is 5.75 Å². The van der Waals surface area contributed by atoms with Crippen molar-refractivity contribution in [2.24, 2.45) is 0 Å². The van der Waals surface area contributed by atoms with Gasteiger partial charge in [0.2, 0.25) is 0 Å². The number of ether oxygens (including phenoxy) is 2. The quantitative estimate of drug-likeness (QED) is 0.598. The number of carbonyl (C=O) groups is 1. The van der Waals surface area contributed by atoms with Gasteiger partial charge < -0.3 is 9.47 Å². The first-order valence-corrected chi connectivity index (χ1v) is 6.13. The molecule has 0 radical (unpaired) electrons. The van der Waals surface area contributed by atoms with Gasteiger partial charge in [0.05, 0.1) is 43.0 Å². The van der Waals surface area contributed by atoms with Gasteiger partial charge in [-0.05, 0) is 6.92 Å². The molecule has 0 bridgehead atoms. The van der Waals surface area contributed by atoms with Crippen LogP contribution in [0.2, 0.25) is 0 Å². The average molecular weight is 294 g/mol. The summed E-state index contributed by atoms with van der Waals surface area (Å²) in [4.78, 5) is 15.4. The van der Waals surface area contributed by atoms with E-state index in [2.05, 4.69) is 4.98 Å². The molecule has 0 saturated carbocycles. The van der Waals surface area contributed by atoms with Crippen LogP contribution in [-0.4, -0.2) is 24.7 Å². The first-order valence-electron chi connectivity index (χ1n) is 5.59. The highest BCUT2D eigenvalue weighted by atomic mass is 35.5. The number of hydrogen-bond donors (Lipinski definition) is 0. The minimum absolute atomic E-state index is 0.0278. The summed E-state index contributed by atoms with van der Waals surface area (Å²) in [6, 6.07) is 1.34. The second kappa shape index (κ2) is 7.23. The maximum Gasteiger partial charge on any atom is 0.311 e. The van der Waals surface area contributed by atoms with E-state index in [1.165, 1.54) is 13.2 Å². The predicted octanol–water partition coefficient (Wildman–Crippen LogP) is 2.87. The number of esters is 1. The molecular formula is C12H14ClF2NO3. The van der Waals surface area contributed by atoms with Gasteiger partial charge in [0.15, 0.2) is 0 Å². The van der Waals surface area contributed by atoms with Gasteiger partial charge >= 0.3 is 5.97 Å². The Labute approximate surface area is 114 Å². The molecule has 0 aliphatic heterocycles. The Morgan fingerprint density at radius 2 is 2.21 bits per heavy atom. The van der Waals surface area contributed by atoms with Crippen molar-refractivity contribution in [2.45, 2.75) is 25.7 Å². The zero-order chi connectivity index (χ0) is 14.4. The molecule has 0 spiro atoms. The number of rotatable bonds is 6. The van der Waals surface area contributed by atoms with Gasteiger partial charge in [0.1, 0.15) is 5.75 Å². The number of aromatic nitrogens is 1. The second-order valence-electron chi connectivity index (χ2n) is 3.59.